The average Bonchev–Trinajstić information content (AvgIpc) is 2.54. The van der Waals surface area contributed by atoms with Gasteiger partial charge in [-0.25, -0.2) is 9.79 Å². The van der Waals surface area contributed by atoms with Gasteiger partial charge < -0.3 is 15.8 Å². The summed E-state index contributed by atoms with van der Waals surface area (Å²) in [6, 6.07) is 17.3. The van der Waals surface area contributed by atoms with E-state index in [9.17, 15) is 4.79 Å². The number of ether oxygens (including phenoxy) is 1. The van der Waals surface area contributed by atoms with E-state index < -0.39 is 6.09 Å². The molecule has 0 radical (unpaired) electrons. The zero-order chi connectivity index (χ0) is 16.5. The first-order chi connectivity index (χ1) is 11.1. The number of carbonyl (C=O) groups excluding carboxylic acids is 1. The molecule has 0 saturated heterocycles. The first-order valence-corrected chi connectivity index (χ1v) is 7.48. The van der Waals surface area contributed by atoms with Gasteiger partial charge in [0.2, 0.25) is 0 Å². The summed E-state index contributed by atoms with van der Waals surface area (Å²) in [6.07, 6.45) is 0.286. The fraction of sp³-hybridized carbons (Fsp3) is 0.222. The summed E-state index contributed by atoms with van der Waals surface area (Å²) >= 11 is 0. The van der Waals surface area contributed by atoms with Crippen molar-refractivity contribution in [2.75, 3.05) is 6.54 Å². The van der Waals surface area contributed by atoms with Crippen molar-refractivity contribution in [3.8, 4) is 0 Å². The van der Waals surface area contributed by atoms with Gasteiger partial charge >= 0.3 is 6.09 Å². The predicted octanol–water partition coefficient (Wildman–Crippen LogP) is 3.16. The zero-order valence-corrected chi connectivity index (χ0v) is 13.2. The second kappa shape index (κ2) is 8.58. The summed E-state index contributed by atoms with van der Waals surface area (Å²) in [6.45, 7) is 2.52. The van der Waals surface area contributed by atoms with Gasteiger partial charge in [0.15, 0.2) is 0 Å². The van der Waals surface area contributed by atoms with E-state index in [0.717, 1.165) is 16.8 Å². The Labute approximate surface area is 136 Å². The summed E-state index contributed by atoms with van der Waals surface area (Å²) in [7, 11) is 0. The third kappa shape index (κ3) is 6.22. The van der Waals surface area contributed by atoms with Crippen molar-refractivity contribution in [1.82, 2.24) is 5.32 Å². The Morgan fingerprint density at radius 1 is 1.13 bits per heavy atom. The summed E-state index contributed by atoms with van der Waals surface area (Å²) in [5.74, 6) is 0.518. The second-order valence-corrected chi connectivity index (χ2v) is 5.16. The Balaban J connectivity index is 1.74. The molecule has 5 heteroatoms. The van der Waals surface area contributed by atoms with Crippen LogP contribution in [-0.4, -0.2) is 18.5 Å². The summed E-state index contributed by atoms with van der Waals surface area (Å²) in [4.78, 5) is 15.9. The van der Waals surface area contributed by atoms with E-state index in [1.165, 1.54) is 0 Å². The molecule has 2 rings (SSSR count). The molecule has 3 N–H and O–H groups in total. The third-order valence-corrected chi connectivity index (χ3v) is 3.11. The number of hydrogen-bond acceptors (Lipinski definition) is 3. The number of alkyl carbamates (subject to hydrolysis) is 1. The van der Waals surface area contributed by atoms with Crippen LogP contribution in [0.25, 0.3) is 0 Å². The molecule has 1 amide bonds. The fourth-order valence-corrected chi connectivity index (χ4v) is 2.07. The maximum absolute atomic E-state index is 11.6. The van der Waals surface area contributed by atoms with Crippen molar-refractivity contribution < 1.29 is 9.53 Å². The van der Waals surface area contributed by atoms with Crippen molar-refractivity contribution in [3.63, 3.8) is 0 Å². The van der Waals surface area contributed by atoms with Crippen molar-refractivity contribution in [2.45, 2.75) is 20.0 Å². The first kappa shape index (κ1) is 16.5. The highest BCUT2D eigenvalue weighted by Gasteiger charge is 2.02. The van der Waals surface area contributed by atoms with Crippen LogP contribution in [0, 0.1) is 0 Å². The van der Waals surface area contributed by atoms with E-state index in [1.807, 2.05) is 54.6 Å². The van der Waals surface area contributed by atoms with E-state index in [0.29, 0.717) is 18.8 Å². The molecular formula is C18H21N3O2. The number of nitrogens with zero attached hydrogens (tertiary/aromatic N) is 1. The number of rotatable bonds is 6. The number of nitrogens with two attached hydrogens (primary N) is 1. The van der Waals surface area contributed by atoms with Gasteiger partial charge in [0, 0.05) is 6.54 Å². The highest BCUT2D eigenvalue weighted by atomic mass is 16.5. The standard InChI is InChI=1S/C18H21N3O2/c1-14(19)21-17-9-5-8-15(12-17)10-11-20-18(22)23-13-16-6-3-2-4-7-16/h2-9,12H,10-11,13H2,1H3,(H2,19,21)(H,20,22). The number of hydrogen-bond donors (Lipinski definition) is 2. The molecule has 0 heterocycles. The topological polar surface area (TPSA) is 76.7 Å². The Bertz CT molecular complexity index is 665. The van der Waals surface area contributed by atoms with Crippen LogP contribution < -0.4 is 11.1 Å². The van der Waals surface area contributed by atoms with E-state index >= 15 is 0 Å². The first-order valence-electron chi connectivity index (χ1n) is 7.48. The summed E-state index contributed by atoms with van der Waals surface area (Å²) in [5, 5.41) is 2.74. The van der Waals surface area contributed by atoms with Crippen LogP contribution in [0.5, 0.6) is 0 Å². The Morgan fingerprint density at radius 3 is 2.61 bits per heavy atom. The average molecular weight is 311 g/mol. The van der Waals surface area contributed by atoms with Crippen LogP contribution in [0.2, 0.25) is 0 Å². The van der Waals surface area contributed by atoms with Gasteiger partial charge in [0.05, 0.1) is 11.5 Å². The fourth-order valence-electron chi connectivity index (χ4n) is 2.07. The molecule has 0 saturated carbocycles. The zero-order valence-electron chi connectivity index (χ0n) is 13.2. The van der Waals surface area contributed by atoms with Crippen molar-refractivity contribution in [2.24, 2.45) is 10.7 Å². The molecule has 120 valence electrons. The minimum atomic E-state index is -0.416. The molecule has 23 heavy (non-hydrogen) atoms. The van der Waals surface area contributed by atoms with Gasteiger partial charge in [0.1, 0.15) is 6.61 Å². The van der Waals surface area contributed by atoms with Crippen LogP contribution >= 0.6 is 0 Å². The number of carbonyl (C=O) groups is 1. The quantitative estimate of drug-likeness (QED) is 0.635. The molecule has 0 aromatic heterocycles. The monoisotopic (exact) mass is 311 g/mol. The van der Waals surface area contributed by atoms with E-state index in [4.69, 9.17) is 10.5 Å². The van der Waals surface area contributed by atoms with E-state index in [2.05, 4.69) is 10.3 Å². The number of aliphatic imine (C=N–C) groups is 1. The number of amidine groups is 1. The molecule has 2 aromatic rings. The minimum Gasteiger partial charge on any atom is -0.445 e. The van der Waals surface area contributed by atoms with Gasteiger partial charge in [-0.1, -0.05) is 42.5 Å². The molecule has 0 bridgehead atoms. The highest BCUT2D eigenvalue weighted by molar-refractivity contribution is 5.80. The van der Waals surface area contributed by atoms with Crippen LogP contribution in [0.15, 0.2) is 59.6 Å². The SMILES string of the molecule is CC(N)=Nc1cccc(CCNC(=O)OCc2ccccc2)c1. The molecule has 0 atom stereocenters. The second-order valence-electron chi connectivity index (χ2n) is 5.16. The maximum Gasteiger partial charge on any atom is 0.407 e. The van der Waals surface area contributed by atoms with Crippen LogP contribution in [0.3, 0.4) is 0 Å². The van der Waals surface area contributed by atoms with Gasteiger partial charge in [-0.2, -0.15) is 0 Å². The largest absolute Gasteiger partial charge is 0.445 e. The Hall–Kier alpha value is -2.82. The number of amides is 1. The maximum atomic E-state index is 11.6. The lowest BCUT2D eigenvalue weighted by atomic mass is 10.1. The van der Waals surface area contributed by atoms with E-state index in [-0.39, 0.29) is 6.61 Å². The molecule has 0 spiro atoms. The smallest absolute Gasteiger partial charge is 0.407 e. The lowest BCUT2D eigenvalue weighted by molar-refractivity contribution is 0.140. The third-order valence-electron chi connectivity index (χ3n) is 3.11. The molecule has 0 aliphatic carbocycles. The molecule has 0 aliphatic heterocycles. The van der Waals surface area contributed by atoms with Crippen molar-refractivity contribution in [3.05, 3.63) is 65.7 Å². The van der Waals surface area contributed by atoms with Gasteiger partial charge in [-0.15, -0.1) is 0 Å². The highest BCUT2D eigenvalue weighted by Crippen LogP contribution is 2.14. The van der Waals surface area contributed by atoms with Crippen molar-refractivity contribution >= 4 is 17.6 Å². The Kier molecular flexibility index (Phi) is 6.17. The normalized spacial score (nSPS) is 11.1. The van der Waals surface area contributed by atoms with Crippen LogP contribution in [0.1, 0.15) is 18.1 Å². The van der Waals surface area contributed by atoms with Crippen LogP contribution in [-0.2, 0) is 17.8 Å². The predicted molar refractivity (Wildman–Crippen MR) is 91.7 cm³/mol. The molecule has 0 unspecified atom stereocenters. The molecule has 5 nitrogen and oxygen atoms in total. The lowest BCUT2D eigenvalue weighted by Gasteiger charge is -2.07. The molecular weight excluding hydrogens is 290 g/mol. The number of nitrogens with one attached hydrogen (secondary N) is 1. The molecule has 0 fully saturated rings. The van der Waals surface area contributed by atoms with Crippen molar-refractivity contribution in [1.29, 1.82) is 0 Å². The van der Waals surface area contributed by atoms with Gasteiger partial charge in [0.25, 0.3) is 0 Å². The minimum absolute atomic E-state index is 0.270. The summed E-state index contributed by atoms with van der Waals surface area (Å²) in [5.41, 5.74) is 8.43. The number of benzene rings is 2. The molecule has 2 aromatic carbocycles. The summed E-state index contributed by atoms with van der Waals surface area (Å²) < 4.78 is 5.15. The van der Waals surface area contributed by atoms with Gasteiger partial charge in [-0.05, 0) is 36.6 Å². The Morgan fingerprint density at radius 2 is 1.87 bits per heavy atom. The van der Waals surface area contributed by atoms with Gasteiger partial charge in [-0.3, -0.25) is 0 Å². The van der Waals surface area contributed by atoms with Crippen LogP contribution in [0.4, 0.5) is 10.5 Å². The van der Waals surface area contributed by atoms with E-state index in [1.54, 1.807) is 6.92 Å². The lowest BCUT2D eigenvalue weighted by Crippen LogP contribution is -2.26. The molecule has 0 aliphatic rings.